The molecule has 1 aliphatic heterocycles. The van der Waals surface area contributed by atoms with Crippen LogP contribution in [0.4, 0.5) is 5.69 Å². The first-order chi connectivity index (χ1) is 9.47. The molecule has 1 heterocycles. The van der Waals surface area contributed by atoms with Crippen LogP contribution in [0.25, 0.3) is 0 Å². The molecular weight excluding hydrogens is 274 g/mol. The van der Waals surface area contributed by atoms with E-state index in [4.69, 9.17) is 17.3 Å². The Morgan fingerprint density at radius 2 is 1.95 bits per heavy atom. The molecule has 20 heavy (non-hydrogen) atoms. The molecule has 1 fully saturated rings. The third kappa shape index (κ3) is 3.64. The molecule has 2 rings (SSSR count). The molecule has 0 unspecified atom stereocenters. The molecule has 1 amide bonds. The van der Waals surface area contributed by atoms with Gasteiger partial charge in [-0.15, -0.1) is 0 Å². The number of benzene rings is 1. The van der Waals surface area contributed by atoms with Crippen LogP contribution >= 0.6 is 11.6 Å². The lowest BCUT2D eigenvalue weighted by atomic mass is 10.1. The summed E-state index contributed by atoms with van der Waals surface area (Å²) in [5, 5.41) is 0.543. The zero-order valence-corrected chi connectivity index (χ0v) is 12.9. The van der Waals surface area contributed by atoms with E-state index in [0.29, 0.717) is 22.2 Å². The summed E-state index contributed by atoms with van der Waals surface area (Å²) in [7, 11) is 0. The van der Waals surface area contributed by atoms with Crippen molar-refractivity contribution in [3.63, 3.8) is 0 Å². The minimum Gasteiger partial charge on any atom is -0.398 e. The first-order valence-corrected chi connectivity index (χ1v) is 7.42. The molecule has 0 radical (unpaired) electrons. The van der Waals surface area contributed by atoms with Gasteiger partial charge in [-0.05, 0) is 24.1 Å². The fourth-order valence-corrected chi connectivity index (χ4v) is 2.71. The molecule has 110 valence electrons. The van der Waals surface area contributed by atoms with Gasteiger partial charge in [-0.3, -0.25) is 9.69 Å². The fraction of sp³-hybridized carbons (Fsp3) is 0.533. The number of rotatable bonds is 3. The Hall–Kier alpha value is -1.26. The predicted molar refractivity (Wildman–Crippen MR) is 83.0 cm³/mol. The van der Waals surface area contributed by atoms with Crippen LogP contribution in [0.3, 0.4) is 0 Å². The minimum absolute atomic E-state index is 0.0193. The van der Waals surface area contributed by atoms with Gasteiger partial charge in [0.15, 0.2) is 0 Å². The summed E-state index contributed by atoms with van der Waals surface area (Å²) >= 11 is 5.95. The Balaban J connectivity index is 2.00. The minimum atomic E-state index is -0.0193. The Kier molecular flexibility index (Phi) is 4.89. The molecule has 0 atom stereocenters. The SMILES string of the molecule is CC(C)CN1CCN(C(=O)c2cc(Cl)ccc2N)CC1. The zero-order valence-electron chi connectivity index (χ0n) is 12.1. The number of piperazine rings is 1. The van der Waals surface area contributed by atoms with Crippen molar-refractivity contribution >= 4 is 23.2 Å². The first-order valence-electron chi connectivity index (χ1n) is 7.04. The summed E-state index contributed by atoms with van der Waals surface area (Å²) in [5.41, 5.74) is 6.87. The van der Waals surface area contributed by atoms with Crippen molar-refractivity contribution in [2.45, 2.75) is 13.8 Å². The van der Waals surface area contributed by atoms with Crippen LogP contribution in [-0.2, 0) is 0 Å². The highest BCUT2D eigenvalue weighted by molar-refractivity contribution is 6.31. The van der Waals surface area contributed by atoms with Gasteiger partial charge in [-0.25, -0.2) is 0 Å². The number of hydrogen-bond donors (Lipinski definition) is 1. The fourth-order valence-electron chi connectivity index (χ4n) is 2.53. The van der Waals surface area contributed by atoms with Crippen LogP contribution < -0.4 is 5.73 Å². The van der Waals surface area contributed by atoms with E-state index in [2.05, 4.69) is 18.7 Å². The van der Waals surface area contributed by atoms with Gasteiger partial charge in [0.2, 0.25) is 0 Å². The monoisotopic (exact) mass is 295 g/mol. The Morgan fingerprint density at radius 3 is 2.55 bits per heavy atom. The second-order valence-electron chi connectivity index (χ2n) is 5.72. The van der Waals surface area contributed by atoms with Gasteiger partial charge in [0.25, 0.3) is 5.91 Å². The van der Waals surface area contributed by atoms with E-state index in [1.54, 1.807) is 18.2 Å². The number of anilines is 1. The summed E-state index contributed by atoms with van der Waals surface area (Å²) in [4.78, 5) is 16.7. The van der Waals surface area contributed by atoms with E-state index in [9.17, 15) is 4.79 Å². The van der Waals surface area contributed by atoms with Gasteiger partial charge in [0.05, 0.1) is 5.56 Å². The lowest BCUT2D eigenvalue weighted by Crippen LogP contribution is -2.49. The molecule has 1 saturated heterocycles. The molecule has 2 N–H and O–H groups in total. The summed E-state index contributed by atoms with van der Waals surface area (Å²) < 4.78 is 0. The number of carbonyl (C=O) groups is 1. The molecule has 1 aliphatic rings. The normalized spacial score (nSPS) is 16.7. The predicted octanol–water partition coefficient (Wildman–Crippen LogP) is 2.34. The molecule has 1 aromatic carbocycles. The first kappa shape index (κ1) is 15.1. The quantitative estimate of drug-likeness (QED) is 0.871. The molecule has 0 bridgehead atoms. The molecule has 0 aliphatic carbocycles. The van der Waals surface area contributed by atoms with Crippen molar-refractivity contribution in [2.24, 2.45) is 5.92 Å². The van der Waals surface area contributed by atoms with Crippen LogP contribution in [0.2, 0.25) is 5.02 Å². The number of amides is 1. The van der Waals surface area contributed by atoms with Gasteiger partial charge >= 0.3 is 0 Å². The molecule has 0 aromatic heterocycles. The van der Waals surface area contributed by atoms with Crippen molar-refractivity contribution < 1.29 is 4.79 Å². The van der Waals surface area contributed by atoms with Crippen molar-refractivity contribution in [3.05, 3.63) is 28.8 Å². The van der Waals surface area contributed by atoms with Gasteiger partial charge in [0.1, 0.15) is 0 Å². The van der Waals surface area contributed by atoms with E-state index in [0.717, 1.165) is 32.7 Å². The average Bonchev–Trinajstić information content (AvgIpc) is 2.41. The second kappa shape index (κ2) is 6.46. The second-order valence-corrected chi connectivity index (χ2v) is 6.15. The van der Waals surface area contributed by atoms with E-state index in [1.807, 2.05) is 4.90 Å². The van der Waals surface area contributed by atoms with Gasteiger partial charge < -0.3 is 10.6 Å². The van der Waals surface area contributed by atoms with Gasteiger partial charge in [0, 0.05) is 43.4 Å². The van der Waals surface area contributed by atoms with Gasteiger partial charge in [-0.1, -0.05) is 25.4 Å². The van der Waals surface area contributed by atoms with E-state index in [1.165, 1.54) is 0 Å². The summed E-state index contributed by atoms with van der Waals surface area (Å²) in [6.45, 7) is 8.85. The van der Waals surface area contributed by atoms with Crippen molar-refractivity contribution in [2.75, 3.05) is 38.5 Å². The van der Waals surface area contributed by atoms with E-state index < -0.39 is 0 Å². The lowest BCUT2D eigenvalue weighted by Gasteiger charge is -2.35. The van der Waals surface area contributed by atoms with Crippen LogP contribution in [0.5, 0.6) is 0 Å². The Bertz CT molecular complexity index is 482. The Morgan fingerprint density at radius 1 is 1.30 bits per heavy atom. The van der Waals surface area contributed by atoms with Crippen LogP contribution in [-0.4, -0.2) is 48.4 Å². The summed E-state index contributed by atoms with van der Waals surface area (Å²) in [6, 6.07) is 5.04. The topological polar surface area (TPSA) is 49.6 Å². The highest BCUT2D eigenvalue weighted by atomic mass is 35.5. The number of nitrogen functional groups attached to an aromatic ring is 1. The molecule has 1 aromatic rings. The van der Waals surface area contributed by atoms with E-state index in [-0.39, 0.29) is 5.91 Å². The largest absolute Gasteiger partial charge is 0.398 e. The van der Waals surface area contributed by atoms with Crippen molar-refractivity contribution in [3.8, 4) is 0 Å². The van der Waals surface area contributed by atoms with Crippen LogP contribution in [0.1, 0.15) is 24.2 Å². The summed E-state index contributed by atoms with van der Waals surface area (Å²) in [5.74, 6) is 0.634. The van der Waals surface area contributed by atoms with Crippen molar-refractivity contribution in [1.29, 1.82) is 0 Å². The van der Waals surface area contributed by atoms with Crippen molar-refractivity contribution in [1.82, 2.24) is 9.80 Å². The number of nitrogens with zero attached hydrogens (tertiary/aromatic N) is 2. The highest BCUT2D eigenvalue weighted by Gasteiger charge is 2.23. The molecule has 4 nitrogen and oxygen atoms in total. The average molecular weight is 296 g/mol. The maximum absolute atomic E-state index is 12.5. The molecule has 5 heteroatoms. The highest BCUT2D eigenvalue weighted by Crippen LogP contribution is 2.20. The van der Waals surface area contributed by atoms with Crippen LogP contribution in [0.15, 0.2) is 18.2 Å². The smallest absolute Gasteiger partial charge is 0.256 e. The third-order valence-electron chi connectivity index (χ3n) is 3.53. The third-order valence-corrected chi connectivity index (χ3v) is 3.76. The van der Waals surface area contributed by atoms with Gasteiger partial charge in [-0.2, -0.15) is 0 Å². The van der Waals surface area contributed by atoms with Crippen LogP contribution in [0, 0.1) is 5.92 Å². The maximum atomic E-state index is 12.5. The number of halogens is 1. The number of nitrogens with two attached hydrogens (primary N) is 1. The molecule has 0 spiro atoms. The lowest BCUT2D eigenvalue weighted by molar-refractivity contribution is 0.0625. The standard InChI is InChI=1S/C15H22ClN3O/c1-11(2)10-18-5-7-19(8-6-18)15(20)13-9-12(16)3-4-14(13)17/h3-4,9,11H,5-8,10,17H2,1-2H3. The number of carbonyl (C=O) groups excluding carboxylic acids is 1. The molecular formula is C15H22ClN3O. The Labute approximate surface area is 125 Å². The maximum Gasteiger partial charge on any atom is 0.256 e. The van der Waals surface area contributed by atoms with E-state index >= 15 is 0 Å². The number of hydrogen-bond acceptors (Lipinski definition) is 3. The zero-order chi connectivity index (χ0) is 14.7. The summed E-state index contributed by atoms with van der Waals surface area (Å²) in [6.07, 6.45) is 0. The molecule has 0 saturated carbocycles.